The van der Waals surface area contributed by atoms with Crippen LogP contribution in [0.2, 0.25) is 5.02 Å². The van der Waals surface area contributed by atoms with Gasteiger partial charge in [0.25, 0.3) is 0 Å². The molecule has 0 bridgehead atoms. The topological polar surface area (TPSA) is 23.6 Å². The lowest BCUT2D eigenvalue weighted by Gasteiger charge is -2.38. The van der Waals surface area contributed by atoms with Crippen LogP contribution >= 0.6 is 27.5 Å². The Morgan fingerprint density at radius 1 is 1.38 bits per heavy atom. The molecular weight excluding hydrogens is 291 g/mol. The maximum Gasteiger partial charge on any atom is 0.209 e. The second kappa shape index (κ2) is 5.06. The van der Waals surface area contributed by atoms with Crippen molar-refractivity contribution in [2.45, 2.75) is 4.95 Å². The number of piperazine rings is 1. The van der Waals surface area contributed by atoms with Crippen molar-refractivity contribution >= 4 is 39.6 Å². The van der Waals surface area contributed by atoms with Crippen LogP contribution in [0, 0.1) is 0 Å². The summed E-state index contributed by atoms with van der Waals surface area (Å²) in [5.74, 6) is 0. The van der Waals surface area contributed by atoms with Gasteiger partial charge in [0, 0.05) is 13.1 Å². The first-order chi connectivity index (χ1) is 7.72. The monoisotopic (exact) mass is 302 g/mol. The molecular formula is C11H12BrClN2O. The molecule has 1 atom stereocenters. The number of rotatable bonds is 2. The normalized spacial score (nSPS) is 21.0. The number of hydrogen-bond acceptors (Lipinski definition) is 2. The summed E-state index contributed by atoms with van der Waals surface area (Å²) < 4.78 is 0. The van der Waals surface area contributed by atoms with Crippen LogP contribution in [-0.4, -0.2) is 35.9 Å². The summed E-state index contributed by atoms with van der Waals surface area (Å²) in [6.45, 7) is 2.20. The van der Waals surface area contributed by atoms with Crippen LogP contribution in [0.1, 0.15) is 0 Å². The molecule has 16 heavy (non-hydrogen) atoms. The molecule has 1 aliphatic heterocycles. The lowest BCUT2D eigenvalue weighted by atomic mass is 10.2. The molecule has 0 aromatic heterocycles. The van der Waals surface area contributed by atoms with Gasteiger partial charge in [-0.1, -0.05) is 39.7 Å². The third kappa shape index (κ3) is 2.33. The molecule has 0 saturated carbocycles. The van der Waals surface area contributed by atoms with Crippen LogP contribution in [0.25, 0.3) is 0 Å². The fourth-order valence-electron chi connectivity index (χ4n) is 1.81. The van der Waals surface area contributed by atoms with Crippen molar-refractivity contribution in [3.05, 3.63) is 29.3 Å². The second-order valence-electron chi connectivity index (χ2n) is 3.68. The third-order valence-electron chi connectivity index (χ3n) is 2.66. The highest BCUT2D eigenvalue weighted by Crippen LogP contribution is 2.29. The van der Waals surface area contributed by atoms with E-state index in [1.807, 2.05) is 24.3 Å². The molecule has 1 heterocycles. The van der Waals surface area contributed by atoms with E-state index in [1.165, 1.54) is 0 Å². The van der Waals surface area contributed by atoms with Gasteiger partial charge in [0.15, 0.2) is 0 Å². The van der Waals surface area contributed by atoms with Gasteiger partial charge in [-0.05, 0) is 12.1 Å². The molecule has 3 nitrogen and oxygen atoms in total. The highest BCUT2D eigenvalue weighted by molar-refractivity contribution is 9.09. The molecule has 1 aliphatic rings. The number of para-hydroxylation sites is 1. The lowest BCUT2D eigenvalue weighted by molar-refractivity contribution is -0.118. The first kappa shape index (κ1) is 11.7. The minimum absolute atomic E-state index is 0.117. The lowest BCUT2D eigenvalue weighted by Crippen LogP contribution is -2.50. The van der Waals surface area contributed by atoms with E-state index in [9.17, 15) is 4.79 Å². The maximum atomic E-state index is 10.7. The van der Waals surface area contributed by atoms with Gasteiger partial charge in [0.2, 0.25) is 6.41 Å². The Kier molecular flexibility index (Phi) is 3.71. The standard InChI is InChI=1S/C11H12BrClN2O/c12-11-7-14(8-16)5-6-15(11)10-4-2-1-3-9(10)13/h1-4,8,11H,5-7H2. The van der Waals surface area contributed by atoms with Crippen molar-refractivity contribution in [1.29, 1.82) is 0 Å². The molecule has 0 radical (unpaired) electrons. The number of alkyl halides is 1. The molecule has 1 saturated heterocycles. The largest absolute Gasteiger partial charge is 0.354 e. The summed E-state index contributed by atoms with van der Waals surface area (Å²) in [4.78, 5) is 14.7. The van der Waals surface area contributed by atoms with Crippen LogP contribution < -0.4 is 4.90 Å². The number of nitrogens with zero attached hydrogens (tertiary/aromatic N) is 2. The van der Waals surface area contributed by atoms with Crippen molar-refractivity contribution < 1.29 is 4.79 Å². The smallest absolute Gasteiger partial charge is 0.209 e. The predicted molar refractivity (Wildman–Crippen MR) is 69.2 cm³/mol. The molecule has 1 unspecified atom stereocenters. The predicted octanol–water partition coefficient (Wildman–Crippen LogP) is 2.34. The van der Waals surface area contributed by atoms with E-state index in [4.69, 9.17) is 11.6 Å². The minimum atomic E-state index is 0.117. The Bertz CT molecular complexity index is 388. The van der Waals surface area contributed by atoms with Crippen molar-refractivity contribution in [1.82, 2.24) is 4.90 Å². The van der Waals surface area contributed by atoms with Crippen LogP contribution in [-0.2, 0) is 4.79 Å². The zero-order valence-corrected chi connectivity index (χ0v) is 11.0. The van der Waals surface area contributed by atoms with Gasteiger partial charge < -0.3 is 9.80 Å². The first-order valence-electron chi connectivity index (χ1n) is 5.07. The van der Waals surface area contributed by atoms with E-state index in [2.05, 4.69) is 20.8 Å². The van der Waals surface area contributed by atoms with Crippen LogP contribution in [0.15, 0.2) is 24.3 Å². The molecule has 1 aromatic carbocycles. The summed E-state index contributed by atoms with van der Waals surface area (Å²) in [6.07, 6.45) is 0.887. The summed E-state index contributed by atoms with van der Waals surface area (Å²) in [5, 5.41) is 0.742. The van der Waals surface area contributed by atoms with Gasteiger partial charge in [0.1, 0.15) is 4.95 Å². The quantitative estimate of drug-likeness (QED) is 0.476. The SMILES string of the molecule is O=CN1CCN(c2ccccc2Cl)C(Br)C1. The summed E-state index contributed by atoms with van der Waals surface area (Å²) in [6, 6.07) is 7.75. The van der Waals surface area contributed by atoms with Crippen molar-refractivity contribution in [3.8, 4) is 0 Å². The van der Waals surface area contributed by atoms with Crippen LogP contribution in [0.3, 0.4) is 0 Å². The minimum Gasteiger partial charge on any atom is -0.354 e. The zero-order chi connectivity index (χ0) is 11.5. The number of halogens is 2. The average Bonchev–Trinajstić information content (AvgIpc) is 2.30. The Labute approximate surface area is 108 Å². The van der Waals surface area contributed by atoms with Crippen molar-refractivity contribution in [2.75, 3.05) is 24.5 Å². The average molecular weight is 304 g/mol. The Morgan fingerprint density at radius 2 is 2.12 bits per heavy atom. The van der Waals surface area contributed by atoms with E-state index >= 15 is 0 Å². The van der Waals surface area contributed by atoms with Gasteiger partial charge in [0.05, 0.1) is 17.3 Å². The summed E-state index contributed by atoms with van der Waals surface area (Å²) in [5.41, 5.74) is 1.01. The Balaban J connectivity index is 2.17. The molecule has 1 amide bonds. The van der Waals surface area contributed by atoms with E-state index in [0.717, 1.165) is 30.2 Å². The van der Waals surface area contributed by atoms with Gasteiger partial charge in [-0.2, -0.15) is 0 Å². The molecule has 5 heteroatoms. The molecule has 1 fully saturated rings. The number of anilines is 1. The molecule has 0 aliphatic carbocycles. The number of hydrogen-bond donors (Lipinski definition) is 0. The van der Waals surface area contributed by atoms with Gasteiger partial charge >= 0.3 is 0 Å². The number of carbonyl (C=O) groups excluding carboxylic acids is 1. The first-order valence-corrected chi connectivity index (χ1v) is 6.36. The summed E-state index contributed by atoms with van der Waals surface area (Å²) in [7, 11) is 0. The molecule has 0 spiro atoms. The van der Waals surface area contributed by atoms with Gasteiger partial charge in [-0.25, -0.2) is 0 Å². The number of carbonyl (C=O) groups is 1. The number of amides is 1. The van der Waals surface area contributed by atoms with Gasteiger partial charge in [-0.3, -0.25) is 4.79 Å². The van der Waals surface area contributed by atoms with Crippen LogP contribution in [0.4, 0.5) is 5.69 Å². The van der Waals surface area contributed by atoms with E-state index in [-0.39, 0.29) is 4.95 Å². The zero-order valence-electron chi connectivity index (χ0n) is 8.64. The van der Waals surface area contributed by atoms with E-state index in [0.29, 0.717) is 6.54 Å². The highest BCUT2D eigenvalue weighted by Gasteiger charge is 2.25. The van der Waals surface area contributed by atoms with E-state index < -0.39 is 0 Å². The molecule has 0 N–H and O–H groups in total. The van der Waals surface area contributed by atoms with Gasteiger partial charge in [-0.15, -0.1) is 0 Å². The Hall–Kier alpha value is -0.740. The Morgan fingerprint density at radius 3 is 2.75 bits per heavy atom. The van der Waals surface area contributed by atoms with E-state index in [1.54, 1.807) is 4.90 Å². The highest BCUT2D eigenvalue weighted by atomic mass is 79.9. The molecule has 86 valence electrons. The fourth-order valence-corrected chi connectivity index (χ4v) is 2.85. The van der Waals surface area contributed by atoms with Crippen molar-refractivity contribution in [3.63, 3.8) is 0 Å². The van der Waals surface area contributed by atoms with Crippen molar-refractivity contribution in [2.24, 2.45) is 0 Å². The molecule has 1 aromatic rings. The second-order valence-corrected chi connectivity index (χ2v) is 5.14. The third-order valence-corrected chi connectivity index (χ3v) is 3.77. The fraction of sp³-hybridized carbons (Fsp3) is 0.364. The summed E-state index contributed by atoms with van der Waals surface area (Å²) >= 11 is 9.72. The van der Waals surface area contributed by atoms with Crippen LogP contribution in [0.5, 0.6) is 0 Å². The maximum absolute atomic E-state index is 10.7. The number of benzene rings is 1. The molecule has 2 rings (SSSR count).